The van der Waals surface area contributed by atoms with Crippen molar-refractivity contribution in [1.82, 2.24) is 0 Å². The van der Waals surface area contributed by atoms with Crippen LogP contribution < -0.4 is 9.47 Å². The first kappa shape index (κ1) is 21.1. The number of carbonyl (C=O) groups excluding carboxylic acids is 2. The van der Waals surface area contributed by atoms with E-state index in [0.29, 0.717) is 11.1 Å². The molecule has 28 heavy (non-hydrogen) atoms. The molecule has 0 aromatic heterocycles. The van der Waals surface area contributed by atoms with Crippen LogP contribution in [0.1, 0.15) is 28.4 Å². The summed E-state index contributed by atoms with van der Waals surface area (Å²) in [5.74, 6) is -1.04. The molecule has 2 aromatic rings. The third-order valence-corrected chi connectivity index (χ3v) is 3.81. The number of hydrogen-bond acceptors (Lipinski definition) is 5. The number of ether oxygens (including phenoxy) is 3. The van der Waals surface area contributed by atoms with Crippen LogP contribution in [-0.4, -0.2) is 31.6 Å². The molecule has 7 heteroatoms. The zero-order valence-electron chi connectivity index (χ0n) is 15.6. The molecule has 0 N–H and O–H groups in total. The van der Waals surface area contributed by atoms with Crippen molar-refractivity contribution in [3.8, 4) is 11.5 Å². The first-order valence-electron chi connectivity index (χ1n) is 8.42. The van der Waals surface area contributed by atoms with Gasteiger partial charge in [0.25, 0.3) is 0 Å². The van der Waals surface area contributed by atoms with E-state index in [2.05, 4.69) is 4.74 Å². The third-order valence-electron chi connectivity index (χ3n) is 3.81. The molecular formula is C21H20F2O5. The first-order valence-corrected chi connectivity index (χ1v) is 8.42. The molecule has 0 aliphatic heterocycles. The van der Waals surface area contributed by atoms with Crippen LogP contribution in [0.15, 0.2) is 48.5 Å². The molecule has 0 aliphatic rings. The summed E-state index contributed by atoms with van der Waals surface area (Å²) in [6.45, 7) is 0.426. The number of ketones is 1. The Morgan fingerprint density at radius 2 is 1.71 bits per heavy atom. The van der Waals surface area contributed by atoms with Crippen molar-refractivity contribution in [2.45, 2.75) is 26.6 Å². The number of Topliss-reactive ketones (excluding diaryl/α,β-unsaturated/α-hetero) is 1. The van der Waals surface area contributed by atoms with E-state index in [-0.39, 0.29) is 17.3 Å². The van der Waals surface area contributed by atoms with E-state index >= 15 is 0 Å². The van der Waals surface area contributed by atoms with Gasteiger partial charge >= 0.3 is 12.6 Å². The van der Waals surface area contributed by atoms with Crippen LogP contribution in [0.3, 0.4) is 0 Å². The summed E-state index contributed by atoms with van der Waals surface area (Å²) in [5.41, 5.74) is 1.98. The summed E-state index contributed by atoms with van der Waals surface area (Å²) >= 11 is 0. The fourth-order valence-electron chi connectivity index (χ4n) is 2.37. The molecule has 0 amide bonds. The van der Waals surface area contributed by atoms with Crippen LogP contribution in [0.4, 0.5) is 8.78 Å². The molecule has 148 valence electrons. The smallest absolute Gasteiger partial charge is 0.387 e. The summed E-state index contributed by atoms with van der Waals surface area (Å²) in [6, 6.07) is 11.2. The molecule has 1 atom stereocenters. The van der Waals surface area contributed by atoms with Crippen LogP contribution in [0.2, 0.25) is 0 Å². The van der Waals surface area contributed by atoms with Crippen LogP contribution in [0.25, 0.3) is 6.08 Å². The Hall–Kier alpha value is -3.22. The molecule has 0 unspecified atom stereocenters. The second kappa shape index (κ2) is 9.64. The monoisotopic (exact) mass is 390 g/mol. The molecule has 0 saturated heterocycles. The Balaban J connectivity index is 2.00. The largest absolute Gasteiger partial charge is 0.493 e. The van der Waals surface area contributed by atoms with E-state index in [1.54, 1.807) is 24.3 Å². The lowest BCUT2D eigenvalue weighted by Gasteiger charge is -2.11. The first-order chi connectivity index (χ1) is 13.3. The van der Waals surface area contributed by atoms with Crippen molar-refractivity contribution in [2.24, 2.45) is 0 Å². The Labute approximate surface area is 161 Å². The van der Waals surface area contributed by atoms with Gasteiger partial charge < -0.3 is 14.2 Å². The third kappa shape index (κ3) is 5.90. The van der Waals surface area contributed by atoms with E-state index < -0.39 is 18.7 Å². The summed E-state index contributed by atoms with van der Waals surface area (Å²) < 4.78 is 39.1. The number of halogens is 2. The maximum atomic E-state index is 12.3. The number of methoxy groups -OCH3 is 1. The highest BCUT2D eigenvalue weighted by atomic mass is 19.3. The number of alkyl halides is 2. The van der Waals surface area contributed by atoms with Crippen molar-refractivity contribution in [1.29, 1.82) is 0 Å². The van der Waals surface area contributed by atoms with Crippen molar-refractivity contribution in [2.75, 3.05) is 7.11 Å². The van der Waals surface area contributed by atoms with Gasteiger partial charge in [-0.15, -0.1) is 0 Å². The summed E-state index contributed by atoms with van der Waals surface area (Å²) in [4.78, 5) is 24.2. The molecule has 0 fully saturated rings. The highest BCUT2D eigenvalue weighted by molar-refractivity contribution is 6.01. The van der Waals surface area contributed by atoms with E-state index in [1.165, 1.54) is 38.3 Å². The maximum Gasteiger partial charge on any atom is 0.387 e. The van der Waals surface area contributed by atoms with Gasteiger partial charge in [-0.1, -0.05) is 35.9 Å². The second-order valence-electron chi connectivity index (χ2n) is 5.93. The van der Waals surface area contributed by atoms with Gasteiger partial charge in [0.1, 0.15) is 0 Å². The number of esters is 1. The molecule has 5 nitrogen and oxygen atoms in total. The van der Waals surface area contributed by atoms with Gasteiger partial charge in [-0.05, 0) is 37.6 Å². The van der Waals surface area contributed by atoms with Crippen molar-refractivity contribution in [3.05, 3.63) is 65.2 Å². The molecule has 2 aromatic carbocycles. The lowest BCUT2D eigenvalue weighted by Crippen LogP contribution is -2.23. The Kier molecular flexibility index (Phi) is 7.26. The topological polar surface area (TPSA) is 61.8 Å². The number of carbonyl (C=O) groups is 2. The molecular weight excluding hydrogens is 370 g/mol. The minimum Gasteiger partial charge on any atom is -0.493 e. The summed E-state index contributed by atoms with van der Waals surface area (Å²) in [6.07, 6.45) is 1.61. The normalized spacial score (nSPS) is 12.1. The quantitative estimate of drug-likeness (QED) is 0.379. The van der Waals surface area contributed by atoms with Gasteiger partial charge in [-0.3, -0.25) is 4.79 Å². The van der Waals surface area contributed by atoms with Crippen molar-refractivity contribution >= 4 is 17.8 Å². The lowest BCUT2D eigenvalue weighted by molar-refractivity contribution is -0.140. The van der Waals surface area contributed by atoms with Crippen LogP contribution in [-0.2, 0) is 9.53 Å². The molecule has 0 spiro atoms. The summed E-state index contributed by atoms with van der Waals surface area (Å²) in [7, 11) is 1.31. The number of aryl methyl sites for hydroxylation is 1. The Morgan fingerprint density at radius 1 is 1.04 bits per heavy atom. The zero-order valence-corrected chi connectivity index (χ0v) is 15.6. The number of hydrogen-bond donors (Lipinski definition) is 0. The van der Waals surface area contributed by atoms with E-state index in [1.807, 2.05) is 6.92 Å². The predicted octanol–water partition coefficient (Wildman–Crippen LogP) is 4.43. The van der Waals surface area contributed by atoms with Gasteiger partial charge in [-0.25, -0.2) is 4.79 Å². The van der Waals surface area contributed by atoms with Gasteiger partial charge in [-0.2, -0.15) is 8.78 Å². The number of benzene rings is 2. The average Bonchev–Trinajstić information content (AvgIpc) is 2.66. The average molecular weight is 390 g/mol. The minimum atomic E-state index is -2.97. The van der Waals surface area contributed by atoms with E-state index in [9.17, 15) is 18.4 Å². The Bertz CT molecular complexity index is 860. The SMILES string of the molecule is COc1cc(/C=C/C(=O)O[C@@H](C)C(=O)c2ccc(C)cc2)ccc1OC(F)F. The van der Waals surface area contributed by atoms with Gasteiger partial charge in [0.2, 0.25) is 5.78 Å². The highest BCUT2D eigenvalue weighted by Crippen LogP contribution is 2.29. The van der Waals surface area contributed by atoms with Gasteiger partial charge in [0.05, 0.1) is 7.11 Å². The molecule has 2 rings (SSSR count). The van der Waals surface area contributed by atoms with Crippen molar-refractivity contribution in [3.63, 3.8) is 0 Å². The molecule has 0 heterocycles. The number of rotatable bonds is 8. The fourth-order valence-corrected chi connectivity index (χ4v) is 2.37. The highest BCUT2D eigenvalue weighted by Gasteiger charge is 2.18. The van der Waals surface area contributed by atoms with E-state index in [4.69, 9.17) is 9.47 Å². The standard InChI is InChI=1S/C21H20F2O5/c1-13-4-8-16(9-5-13)20(25)14(2)27-19(24)11-7-15-6-10-17(28-21(22)23)18(12-15)26-3/h4-12,14,21H,1-3H3/b11-7+/t14-/m0/s1. The molecule has 0 radical (unpaired) electrons. The van der Waals surface area contributed by atoms with Crippen LogP contribution >= 0.6 is 0 Å². The van der Waals surface area contributed by atoms with Crippen LogP contribution in [0, 0.1) is 6.92 Å². The van der Waals surface area contributed by atoms with Crippen molar-refractivity contribution < 1.29 is 32.6 Å². The van der Waals surface area contributed by atoms with E-state index in [0.717, 1.165) is 11.6 Å². The lowest BCUT2D eigenvalue weighted by atomic mass is 10.1. The molecule has 0 aliphatic carbocycles. The van der Waals surface area contributed by atoms with Gasteiger partial charge in [0.15, 0.2) is 17.6 Å². The summed E-state index contributed by atoms with van der Waals surface area (Å²) in [5, 5.41) is 0. The molecule has 0 bridgehead atoms. The zero-order chi connectivity index (χ0) is 20.7. The Morgan fingerprint density at radius 3 is 2.32 bits per heavy atom. The maximum absolute atomic E-state index is 12.3. The van der Waals surface area contributed by atoms with Gasteiger partial charge in [0, 0.05) is 11.6 Å². The predicted molar refractivity (Wildman–Crippen MR) is 99.7 cm³/mol. The fraction of sp³-hybridized carbons (Fsp3) is 0.238. The minimum absolute atomic E-state index is 0.0961. The molecule has 0 saturated carbocycles. The van der Waals surface area contributed by atoms with Crippen LogP contribution in [0.5, 0.6) is 11.5 Å². The second-order valence-corrected chi connectivity index (χ2v) is 5.93.